The topological polar surface area (TPSA) is 125 Å². The Morgan fingerprint density at radius 1 is 1.00 bits per heavy atom. The number of hydrogen-bond donors (Lipinski definition) is 0. The minimum atomic E-state index is -0.993. The number of ether oxygens (including phenoxy) is 1. The monoisotopic (exact) mass is 413 g/mol. The molecule has 0 unspecified atom stereocenters. The van der Waals surface area contributed by atoms with Crippen molar-refractivity contribution in [3.8, 4) is 11.1 Å². The van der Waals surface area contributed by atoms with E-state index < -0.39 is 27.2 Å². The quantitative estimate of drug-likeness (QED) is 0.267. The Hall–Kier alpha value is -4.21. The summed E-state index contributed by atoms with van der Waals surface area (Å²) in [6, 6.07) is 13.5. The largest absolute Gasteiger partial charge is 0.465 e. The van der Waals surface area contributed by atoms with E-state index in [1.54, 1.807) is 31.2 Å². The van der Waals surface area contributed by atoms with E-state index >= 15 is 0 Å². The van der Waals surface area contributed by atoms with Gasteiger partial charge in [0.1, 0.15) is 5.56 Å². The Morgan fingerprint density at radius 3 is 2.07 bits per heavy atom. The predicted octanol–water partition coefficient (Wildman–Crippen LogP) is 4.49. The molecule has 0 spiro atoms. The van der Waals surface area contributed by atoms with Gasteiger partial charge in [-0.1, -0.05) is 18.2 Å². The molecule has 0 aliphatic rings. The molecule has 3 rings (SSSR count). The molecule has 0 amide bonds. The summed E-state index contributed by atoms with van der Waals surface area (Å²) in [6.07, 6.45) is 1.24. The highest BCUT2D eigenvalue weighted by atomic mass is 19.1. The van der Waals surface area contributed by atoms with Crippen molar-refractivity contribution in [2.45, 2.75) is 6.92 Å². The maximum Gasteiger partial charge on any atom is 0.337 e. The van der Waals surface area contributed by atoms with Crippen molar-refractivity contribution in [3.05, 3.63) is 98.1 Å². The SMILES string of the molecule is COC(=O)c1ccccc1.Cc1cnc(F)c(-c2c([N+](=O)[O-])cccc2[N+](=O)[O-])c1. The molecule has 0 aliphatic heterocycles. The number of benzene rings is 2. The van der Waals surface area contributed by atoms with Crippen molar-refractivity contribution in [2.24, 2.45) is 0 Å². The first-order chi connectivity index (χ1) is 14.3. The number of esters is 1. The number of rotatable bonds is 4. The van der Waals surface area contributed by atoms with E-state index in [4.69, 9.17) is 0 Å². The van der Waals surface area contributed by atoms with Crippen LogP contribution in [-0.4, -0.2) is 27.9 Å². The van der Waals surface area contributed by atoms with E-state index in [9.17, 15) is 29.4 Å². The maximum atomic E-state index is 13.8. The fourth-order valence-electron chi connectivity index (χ4n) is 2.53. The standard InChI is InChI=1S/C12H8FN3O4.C8H8O2/c1-7-5-8(12(13)14-6-7)11-9(15(17)18)3-2-4-10(11)16(19)20;1-10-8(9)7-5-3-2-4-6-7/h2-6H,1H3;2-6H,1H3. The second-order valence-corrected chi connectivity index (χ2v) is 5.89. The van der Waals surface area contributed by atoms with Gasteiger partial charge in [-0.25, -0.2) is 9.78 Å². The lowest BCUT2D eigenvalue weighted by Gasteiger charge is -2.06. The molecule has 3 aromatic rings. The normalized spacial score (nSPS) is 9.83. The van der Waals surface area contributed by atoms with Crippen LogP contribution in [0.2, 0.25) is 0 Å². The van der Waals surface area contributed by atoms with Crippen LogP contribution in [-0.2, 0) is 4.74 Å². The van der Waals surface area contributed by atoms with E-state index in [2.05, 4.69) is 9.72 Å². The molecule has 30 heavy (non-hydrogen) atoms. The van der Waals surface area contributed by atoms with Gasteiger partial charge in [-0.15, -0.1) is 0 Å². The summed E-state index contributed by atoms with van der Waals surface area (Å²) in [4.78, 5) is 34.7. The highest BCUT2D eigenvalue weighted by Crippen LogP contribution is 2.38. The van der Waals surface area contributed by atoms with Crippen molar-refractivity contribution in [3.63, 3.8) is 0 Å². The molecule has 1 aromatic heterocycles. The van der Waals surface area contributed by atoms with Crippen molar-refractivity contribution < 1.29 is 23.8 Å². The van der Waals surface area contributed by atoms with E-state index in [0.717, 1.165) is 12.1 Å². The van der Waals surface area contributed by atoms with Gasteiger partial charge >= 0.3 is 5.97 Å². The Bertz CT molecular complexity index is 1060. The van der Waals surface area contributed by atoms with E-state index in [0.29, 0.717) is 11.1 Å². The van der Waals surface area contributed by atoms with Crippen LogP contribution in [0.3, 0.4) is 0 Å². The fraction of sp³-hybridized carbons (Fsp3) is 0.100. The van der Waals surface area contributed by atoms with Crippen molar-refractivity contribution >= 4 is 17.3 Å². The lowest BCUT2D eigenvalue weighted by Crippen LogP contribution is -2.00. The van der Waals surface area contributed by atoms with Crippen LogP contribution in [0, 0.1) is 33.1 Å². The number of nitro benzene ring substituents is 2. The third kappa shape index (κ3) is 5.19. The van der Waals surface area contributed by atoms with Crippen LogP contribution in [0.4, 0.5) is 15.8 Å². The van der Waals surface area contributed by atoms with Crippen LogP contribution in [0.25, 0.3) is 11.1 Å². The Labute approximate surface area is 170 Å². The molecule has 0 saturated carbocycles. The average Bonchev–Trinajstić information content (AvgIpc) is 2.75. The highest BCUT2D eigenvalue weighted by molar-refractivity contribution is 5.89. The predicted molar refractivity (Wildman–Crippen MR) is 105 cm³/mol. The molecule has 0 bridgehead atoms. The average molecular weight is 413 g/mol. The summed E-state index contributed by atoms with van der Waals surface area (Å²) < 4.78 is 18.3. The molecule has 0 atom stereocenters. The zero-order valence-electron chi connectivity index (χ0n) is 15.9. The van der Waals surface area contributed by atoms with Crippen molar-refractivity contribution in [1.82, 2.24) is 4.98 Å². The molecule has 1 heterocycles. The summed E-state index contributed by atoms with van der Waals surface area (Å²) in [5.74, 6) is -1.28. The van der Waals surface area contributed by atoms with Crippen LogP contribution in [0.15, 0.2) is 60.8 Å². The van der Waals surface area contributed by atoms with Gasteiger partial charge in [-0.2, -0.15) is 4.39 Å². The zero-order chi connectivity index (χ0) is 22.3. The molecule has 0 N–H and O–H groups in total. The number of aromatic nitrogens is 1. The highest BCUT2D eigenvalue weighted by Gasteiger charge is 2.28. The first kappa shape index (κ1) is 22.1. The second-order valence-electron chi connectivity index (χ2n) is 5.89. The molecular weight excluding hydrogens is 397 g/mol. The van der Waals surface area contributed by atoms with E-state index in [-0.39, 0.29) is 17.1 Å². The van der Waals surface area contributed by atoms with Gasteiger partial charge in [-0.3, -0.25) is 20.2 Å². The van der Waals surface area contributed by atoms with Gasteiger partial charge in [0.15, 0.2) is 0 Å². The molecular formula is C20H16FN3O6. The minimum Gasteiger partial charge on any atom is -0.465 e. The number of methoxy groups -OCH3 is 1. The minimum absolute atomic E-state index is 0.260. The third-order valence-electron chi connectivity index (χ3n) is 3.85. The molecule has 2 aromatic carbocycles. The van der Waals surface area contributed by atoms with Gasteiger partial charge in [0.2, 0.25) is 5.95 Å². The number of aryl methyl sites for hydroxylation is 1. The molecule has 0 radical (unpaired) electrons. The number of carbonyl (C=O) groups excluding carboxylic acids is 1. The van der Waals surface area contributed by atoms with Crippen LogP contribution in [0.1, 0.15) is 15.9 Å². The summed E-state index contributed by atoms with van der Waals surface area (Å²) >= 11 is 0. The Kier molecular flexibility index (Phi) is 7.23. The molecule has 0 aliphatic carbocycles. The number of nitro groups is 2. The third-order valence-corrected chi connectivity index (χ3v) is 3.85. The smallest absolute Gasteiger partial charge is 0.337 e. The van der Waals surface area contributed by atoms with E-state index in [1.807, 2.05) is 6.07 Å². The summed E-state index contributed by atoms with van der Waals surface area (Å²) in [6.45, 7) is 1.61. The number of hydrogen-bond acceptors (Lipinski definition) is 7. The van der Waals surface area contributed by atoms with Gasteiger partial charge < -0.3 is 4.74 Å². The molecule has 10 heteroatoms. The second kappa shape index (κ2) is 9.82. The van der Waals surface area contributed by atoms with Crippen LogP contribution in [0.5, 0.6) is 0 Å². The number of carbonyl (C=O) groups is 1. The summed E-state index contributed by atoms with van der Waals surface area (Å²) in [5.41, 5.74) is -0.588. The maximum absolute atomic E-state index is 13.8. The lowest BCUT2D eigenvalue weighted by atomic mass is 10.0. The Morgan fingerprint density at radius 2 is 1.57 bits per heavy atom. The summed E-state index contributed by atoms with van der Waals surface area (Å²) in [5, 5.41) is 22.0. The first-order valence-corrected chi connectivity index (χ1v) is 8.44. The van der Waals surface area contributed by atoms with Gasteiger partial charge in [0.05, 0.1) is 28.1 Å². The number of halogens is 1. The van der Waals surface area contributed by atoms with Gasteiger partial charge in [0.25, 0.3) is 11.4 Å². The van der Waals surface area contributed by atoms with Gasteiger partial charge in [0, 0.05) is 18.3 Å². The van der Waals surface area contributed by atoms with Crippen LogP contribution < -0.4 is 0 Å². The zero-order valence-corrected chi connectivity index (χ0v) is 15.9. The van der Waals surface area contributed by atoms with E-state index in [1.165, 1.54) is 25.4 Å². The fourth-order valence-corrected chi connectivity index (χ4v) is 2.53. The molecule has 9 nitrogen and oxygen atoms in total. The van der Waals surface area contributed by atoms with Crippen molar-refractivity contribution in [1.29, 1.82) is 0 Å². The number of pyridine rings is 1. The van der Waals surface area contributed by atoms with Crippen LogP contribution >= 0.6 is 0 Å². The molecule has 154 valence electrons. The summed E-state index contributed by atoms with van der Waals surface area (Å²) in [7, 11) is 1.37. The number of nitrogens with zero attached hydrogens (tertiary/aromatic N) is 3. The molecule has 0 saturated heterocycles. The van der Waals surface area contributed by atoms with Crippen molar-refractivity contribution in [2.75, 3.05) is 7.11 Å². The van der Waals surface area contributed by atoms with Gasteiger partial charge in [-0.05, 0) is 36.8 Å². The molecule has 0 fully saturated rings. The lowest BCUT2D eigenvalue weighted by molar-refractivity contribution is -0.392. The first-order valence-electron chi connectivity index (χ1n) is 8.44. The Balaban J connectivity index is 0.000000269.